The van der Waals surface area contributed by atoms with Gasteiger partial charge in [0, 0.05) is 68.3 Å². The van der Waals surface area contributed by atoms with Gasteiger partial charge in [0.15, 0.2) is 11.6 Å². The number of allylic oxidation sites excluding steroid dienone is 4. The van der Waals surface area contributed by atoms with Crippen LogP contribution in [0.25, 0.3) is 0 Å². The molecule has 2 N–H and O–H groups in total. The van der Waals surface area contributed by atoms with Gasteiger partial charge in [0.05, 0.1) is 5.69 Å². The minimum absolute atomic E-state index is 0.161. The first-order valence-electron chi connectivity index (χ1n) is 10.0. The van der Waals surface area contributed by atoms with Crippen LogP contribution in [0.3, 0.4) is 0 Å². The first-order valence-corrected chi connectivity index (χ1v) is 10.0. The SMILES string of the molecule is NC1CC(N2Cc3nn4c(c3C2)N=CCC4)CC[C@@H]1C1CC(F)=C(F)C=C1F. The summed E-state index contributed by atoms with van der Waals surface area (Å²) in [5, 5.41) is 4.70. The third-order valence-electron chi connectivity index (χ3n) is 6.74. The lowest BCUT2D eigenvalue weighted by Crippen LogP contribution is -2.47. The first-order chi connectivity index (χ1) is 13.5. The van der Waals surface area contributed by atoms with Gasteiger partial charge in [0.1, 0.15) is 11.7 Å². The highest BCUT2D eigenvalue weighted by Crippen LogP contribution is 2.43. The number of aromatic nitrogens is 2. The standard InChI is InChI=1S/C20H24F3N5/c21-15-8-17(23)16(22)7-13(15)12-3-2-11(6-18(12)24)27-9-14-19(10-27)26-28-5-1-4-25-20(14)28/h4,8,11-13,18H,1-3,5-7,9-10,24H2/t11?,12-,13?,18?/m1/s1. The van der Waals surface area contributed by atoms with E-state index in [4.69, 9.17) is 10.8 Å². The summed E-state index contributed by atoms with van der Waals surface area (Å²) in [6.07, 6.45) is 5.65. The van der Waals surface area contributed by atoms with Crippen molar-refractivity contribution in [1.29, 1.82) is 0 Å². The molecule has 2 aliphatic heterocycles. The van der Waals surface area contributed by atoms with Gasteiger partial charge in [0.25, 0.3) is 0 Å². The van der Waals surface area contributed by atoms with Gasteiger partial charge in [-0.3, -0.25) is 4.90 Å². The van der Waals surface area contributed by atoms with Crippen LogP contribution >= 0.6 is 0 Å². The quantitative estimate of drug-likeness (QED) is 0.834. The second-order valence-electron chi connectivity index (χ2n) is 8.36. The van der Waals surface area contributed by atoms with Gasteiger partial charge >= 0.3 is 0 Å². The Kier molecular flexibility index (Phi) is 4.43. The Balaban J connectivity index is 1.25. The van der Waals surface area contributed by atoms with E-state index in [2.05, 4.69) is 9.89 Å². The van der Waals surface area contributed by atoms with Crippen molar-refractivity contribution in [3.63, 3.8) is 0 Å². The summed E-state index contributed by atoms with van der Waals surface area (Å²) in [7, 11) is 0. The second kappa shape index (κ2) is 6.84. The molecule has 8 heteroatoms. The summed E-state index contributed by atoms with van der Waals surface area (Å²) < 4.78 is 43.2. The average molecular weight is 391 g/mol. The summed E-state index contributed by atoms with van der Waals surface area (Å²) in [5.41, 5.74) is 8.70. The van der Waals surface area contributed by atoms with E-state index in [1.54, 1.807) is 0 Å². The zero-order chi connectivity index (χ0) is 19.4. The van der Waals surface area contributed by atoms with Crippen molar-refractivity contribution in [3.05, 3.63) is 34.8 Å². The number of hydrogen-bond donors (Lipinski definition) is 1. The number of aliphatic imine (C=N–C) groups is 1. The Morgan fingerprint density at radius 1 is 1.14 bits per heavy atom. The number of hydrogen-bond acceptors (Lipinski definition) is 4. The molecule has 4 atom stereocenters. The summed E-state index contributed by atoms with van der Waals surface area (Å²) in [6.45, 7) is 2.48. The van der Waals surface area contributed by atoms with Crippen LogP contribution in [0.15, 0.2) is 28.5 Å². The topological polar surface area (TPSA) is 59.4 Å². The van der Waals surface area contributed by atoms with E-state index in [1.165, 1.54) is 5.56 Å². The summed E-state index contributed by atoms with van der Waals surface area (Å²) in [6, 6.07) is 0.0579. The zero-order valence-corrected chi connectivity index (χ0v) is 15.6. The number of nitrogens with zero attached hydrogens (tertiary/aromatic N) is 4. The Morgan fingerprint density at radius 3 is 2.82 bits per heavy atom. The lowest BCUT2D eigenvalue weighted by Gasteiger charge is -2.41. The van der Waals surface area contributed by atoms with Crippen LogP contribution in [0.5, 0.6) is 0 Å². The fourth-order valence-corrected chi connectivity index (χ4v) is 5.26. The van der Waals surface area contributed by atoms with E-state index in [1.807, 2.05) is 10.9 Å². The van der Waals surface area contributed by atoms with E-state index in [0.717, 1.165) is 50.4 Å². The van der Waals surface area contributed by atoms with E-state index in [9.17, 15) is 13.2 Å². The van der Waals surface area contributed by atoms with Crippen LogP contribution in [-0.4, -0.2) is 33.0 Å². The maximum absolute atomic E-state index is 14.3. The molecule has 4 aliphatic rings. The maximum atomic E-state index is 14.3. The highest BCUT2D eigenvalue weighted by molar-refractivity contribution is 5.65. The smallest absolute Gasteiger partial charge is 0.157 e. The van der Waals surface area contributed by atoms with Gasteiger partial charge in [-0.15, -0.1) is 0 Å². The Hall–Kier alpha value is -1.93. The Labute approximate surface area is 161 Å². The first kappa shape index (κ1) is 18.1. The molecule has 1 fully saturated rings. The summed E-state index contributed by atoms with van der Waals surface area (Å²) in [4.78, 5) is 6.90. The van der Waals surface area contributed by atoms with Crippen LogP contribution in [-0.2, 0) is 19.6 Å². The lowest BCUT2D eigenvalue weighted by molar-refractivity contribution is 0.0983. The maximum Gasteiger partial charge on any atom is 0.157 e. The van der Waals surface area contributed by atoms with E-state index in [0.29, 0.717) is 18.5 Å². The van der Waals surface area contributed by atoms with Crippen molar-refractivity contribution in [2.45, 2.75) is 63.8 Å². The van der Waals surface area contributed by atoms with Crippen LogP contribution in [0, 0.1) is 11.8 Å². The molecule has 0 aromatic carbocycles. The Bertz CT molecular complexity index is 887. The number of nitrogens with two attached hydrogens (primary N) is 1. The lowest BCUT2D eigenvalue weighted by atomic mass is 9.72. The Morgan fingerprint density at radius 2 is 2.00 bits per heavy atom. The molecule has 1 aromatic heterocycles. The van der Waals surface area contributed by atoms with Crippen LogP contribution < -0.4 is 5.73 Å². The summed E-state index contributed by atoms with van der Waals surface area (Å²) in [5.74, 6) is -2.36. The second-order valence-corrected chi connectivity index (χ2v) is 8.36. The molecule has 0 radical (unpaired) electrons. The molecule has 0 bridgehead atoms. The molecule has 0 amide bonds. The molecule has 3 unspecified atom stereocenters. The van der Waals surface area contributed by atoms with Gasteiger partial charge in [-0.2, -0.15) is 5.10 Å². The molecule has 0 saturated heterocycles. The normalized spacial score (nSPS) is 33.1. The third kappa shape index (κ3) is 2.93. The highest BCUT2D eigenvalue weighted by Gasteiger charge is 2.41. The molecular formula is C20H24F3N5. The molecule has 3 heterocycles. The van der Waals surface area contributed by atoms with E-state index >= 15 is 0 Å². The molecule has 5 nitrogen and oxygen atoms in total. The predicted octanol–water partition coefficient (Wildman–Crippen LogP) is 3.82. The van der Waals surface area contributed by atoms with Crippen LogP contribution in [0.2, 0.25) is 0 Å². The van der Waals surface area contributed by atoms with Gasteiger partial charge in [-0.05, 0) is 25.2 Å². The minimum atomic E-state index is -1.09. The van der Waals surface area contributed by atoms with Gasteiger partial charge in [-0.1, -0.05) is 0 Å². The van der Waals surface area contributed by atoms with Gasteiger partial charge in [0.2, 0.25) is 0 Å². The van der Waals surface area contributed by atoms with Crippen molar-refractivity contribution in [1.82, 2.24) is 14.7 Å². The van der Waals surface area contributed by atoms with Crippen molar-refractivity contribution in [2.24, 2.45) is 22.6 Å². The zero-order valence-electron chi connectivity index (χ0n) is 15.6. The highest BCUT2D eigenvalue weighted by atomic mass is 19.2. The molecular weight excluding hydrogens is 367 g/mol. The third-order valence-corrected chi connectivity index (χ3v) is 6.74. The van der Waals surface area contributed by atoms with Crippen molar-refractivity contribution in [3.8, 4) is 0 Å². The molecule has 5 rings (SSSR count). The van der Waals surface area contributed by atoms with E-state index < -0.39 is 23.4 Å². The fourth-order valence-electron chi connectivity index (χ4n) is 5.26. The van der Waals surface area contributed by atoms with Crippen molar-refractivity contribution < 1.29 is 13.2 Å². The monoisotopic (exact) mass is 391 g/mol. The van der Waals surface area contributed by atoms with Crippen LogP contribution in [0.1, 0.15) is 43.4 Å². The number of aryl methyl sites for hydroxylation is 1. The fraction of sp³-hybridized carbons (Fsp3) is 0.600. The molecule has 0 spiro atoms. The number of halogens is 3. The van der Waals surface area contributed by atoms with E-state index in [-0.39, 0.29) is 18.4 Å². The molecule has 1 aromatic rings. The van der Waals surface area contributed by atoms with Crippen LogP contribution in [0.4, 0.5) is 19.0 Å². The molecule has 28 heavy (non-hydrogen) atoms. The predicted molar refractivity (Wildman–Crippen MR) is 99.9 cm³/mol. The van der Waals surface area contributed by atoms with Crippen molar-refractivity contribution in [2.75, 3.05) is 0 Å². The number of rotatable bonds is 2. The molecule has 150 valence electrons. The molecule has 1 saturated carbocycles. The number of fused-ring (bicyclic) bond motifs is 3. The molecule has 2 aliphatic carbocycles. The van der Waals surface area contributed by atoms with Gasteiger partial charge < -0.3 is 5.73 Å². The van der Waals surface area contributed by atoms with Gasteiger partial charge in [-0.25, -0.2) is 22.8 Å². The van der Waals surface area contributed by atoms with Crippen molar-refractivity contribution >= 4 is 12.0 Å². The minimum Gasteiger partial charge on any atom is -0.327 e. The average Bonchev–Trinajstić information content (AvgIpc) is 3.23. The largest absolute Gasteiger partial charge is 0.327 e. The summed E-state index contributed by atoms with van der Waals surface area (Å²) >= 11 is 0.